The first kappa shape index (κ1) is 8.62. The molecular weight excluding hydrogens is 176 g/mol. The normalized spacial score (nSPS) is 10.1. The fourth-order valence-corrected chi connectivity index (χ4v) is 1.13. The maximum atomic E-state index is 5.57. The Hall–Kier alpha value is -1.97. The quantitative estimate of drug-likeness (QED) is 0.731. The van der Waals surface area contributed by atoms with Gasteiger partial charge in [-0.3, -0.25) is 4.98 Å². The first-order chi connectivity index (χ1) is 6.77. The summed E-state index contributed by atoms with van der Waals surface area (Å²) in [7, 11) is 0. The van der Waals surface area contributed by atoms with Gasteiger partial charge in [0.25, 0.3) is 0 Å². The van der Waals surface area contributed by atoms with Crippen LogP contribution < -0.4 is 5.73 Å². The molecule has 0 aliphatic rings. The Morgan fingerprint density at radius 1 is 1.14 bits per heavy atom. The van der Waals surface area contributed by atoms with E-state index in [1.54, 1.807) is 6.20 Å². The highest BCUT2D eigenvalue weighted by Gasteiger charge is 2.02. The average Bonchev–Trinajstić information content (AvgIpc) is 2.23. The van der Waals surface area contributed by atoms with E-state index in [-0.39, 0.29) is 0 Å². The van der Waals surface area contributed by atoms with Crippen molar-refractivity contribution in [1.29, 1.82) is 0 Å². The second-order valence-corrected chi connectivity index (χ2v) is 3.01. The van der Waals surface area contributed by atoms with Crippen LogP contribution in [0.25, 0.3) is 11.4 Å². The third-order valence-corrected chi connectivity index (χ3v) is 1.95. The monoisotopic (exact) mass is 186 g/mol. The molecule has 0 aromatic carbocycles. The van der Waals surface area contributed by atoms with Gasteiger partial charge in [0.2, 0.25) is 0 Å². The highest BCUT2D eigenvalue weighted by molar-refractivity contribution is 5.56. The van der Waals surface area contributed by atoms with Crippen molar-refractivity contribution in [3.8, 4) is 11.4 Å². The van der Waals surface area contributed by atoms with Crippen molar-refractivity contribution in [3.63, 3.8) is 0 Å². The molecule has 4 heteroatoms. The van der Waals surface area contributed by atoms with Crippen LogP contribution in [-0.4, -0.2) is 15.2 Å². The van der Waals surface area contributed by atoms with E-state index in [4.69, 9.17) is 5.73 Å². The Labute approximate surface area is 81.8 Å². The van der Waals surface area contributed by atoms with Crippen LogP contribution in [0.4, 0.5) is 5.82 Å². The van der Waals surface area contributed by atoms with Gasteiger partial charge in [0.15, 0.2) is 0 Å². The van der Waals surface area contributed by atoms with E-state index < -0.39 is 0 Å². The molecule has 0 aliphatic heterocycles. The maximum absolute atomic E-state index is 5.57. The molecule has 14 heavy (non-hydrogen) atoms. The molecule has 0 bridgehead atoms. The number of rotatable bonds is 1. The van der Waals surface area contributed by atoms with E-state index in [0.717, 1.165) is 17.0 Å². The summed E-state index contributed by atoms with van der Waals surface area (Å²) in [4.78, 5) is 4.18. The highest BCUT2D eigenvalue weighted by Crippen LogP contribution is 2.15. The van der Waals surface area contributed by atoms with E-state index in [9.17, 15) is 0 Å². The average molecular weight is 186 g/mol. The second-order valence-electron chi connectivity index (χ2n) is 3.01. The summed E-state index contributed by atoms with van der Waals surface area (Å²) in [5.74, 6) is 0.463. The zero-order valence-corrected chi connectivity index (χ0v) is 7.81. The van der Waals surface area contributed by atoms with Crippen LogP contribution in [0.15, 0.2) is 30.5 Å². The number of pyridine rings is 1. The minimum absolute atomic E-state index is 0.463. The molecule has 2 aromatic heterocycles. The summed E-state index contributed by atoms with van der Waals surface area (Å²) in [6.45, 7) is 1.90. The maximum Gasteiger partial charge on any atom is 0.149 e. The number of aromatic nitrogens is 3. The van der Waals surface area contributed by atoms with E-state index >= 15 is 0 Å². The lowest BCUT2D eigenvalue weighted by Crippen LogP contribution is -1.98. The van der Waals surface area contributed by atoms with Gasteiger partial charge in [-0.25, -0.2) is 0 Å². The summed E-state index contributed by atoms with van der Waals surface area (Å²) in [6, 6.07) is 7.54. The number of hydrogen-bond donors (Lipinski definition) is 1. The number of aryl methyl sites for hydroxylation is 1. The lowest BCUT2D eigenvalue weighted by Gasteiger charge is -2.01. The number of hydrogen-bond acceptors (Lipinski definition) is 4. The Kier molecular flexibility index (Phi) is 2.10. The summed E-state index contributed by atoms with van der Waals surface area (Å²) < 4.78 is 0. The fourth-order valence-electron chi connectivity index (χ4n) is 1.13. The zero-order valence-electron chi connectivity index (χ0n) is 7.81. The molecule has 0 aliphatic carbocycles. The third-order valence-electron chi connectivity index (χ3n) is 1.95. The molecule has 4 nitrogen and oxygen atoms in total. The smallest absolute Gasteiger partial charge is 0.149 e. The van der Waals surface area contributed by atoms with Gasteiger partial charge in [0.1, 0.15) is 11.5 Å². The van der Waals surface area contributed by atoms with Gasteiger partial charge in [-0.2, -0.15) is 0 Å². The summed E-state index contributed by atoms with van der Waals surface area (Å²) in [5.41, 5.74) is 8.05. The molecule has 2 rings (SSSR count). The number of nitrogens with two attached hydrogens (primary N) is 1. The van der Waals surface area contributed by atoms with Crippen LogP contribution in [0.2, 0.25) is 0 Å². The predicted molar refractivity (Wildman–Crippen MR) is 54.4 cm³/mol. The predicted octanol–water partition coefficient (Wildman–Crippen LogP) is 1.43. The molecule has 2 aromatic rings. The number of anilines is 1. The van der Waals surface area contributed by atoms with Gasteiger partial charge >= 0.3 is 0 Å². The molecule has 0 radical (unpaired) electrons. The van der Waals surface area contributed by atoms with Crippen molar-refractivity contribution in [1.82, 2.24) is 15.2 Å². The molecule has 0 saturated carbocycles. The topological polar surface area (TPSA) is 64.7 Å². The van der Waals surface area contributed by atoms with Crippen molar-refractivity contribution in [2.24, 2.45) is 0 Å². The third kappa shape index (κ3) is 1.54. The van der Waals surface area contributed by atoms with E-state index in [2.05, 4.69) is 15.2 Å². The van der Waals surface area contributed by atoms with E-state index in [1.807, 2.05) is 31.2 Å². The van der Waals surface area contributed by atoms with Crippen LogP contribution in [0.5, 0.6) is 0 Å². The van der Waals surface area contributed by atoms with Gasteiger partial charge in [-0.15, -0.1) is 10.2 Å². The molecule has 0 fully saturated rings. The molecule has 0 atom stereocenters. The minimum atomic E-state index is 0.463. The lowest BCUT2D eigenvalue weighted by atomic mass is 10.2. The van der Waals surface area contributed by atoms with Crippen molar-refractivity contribution >= 4 is 5.82 Å². The first-order valence-corrected chi connectivity index (χ1v) is 4.28. The molecule has 0 saturated heterocycles. The molecule has 70 valence electrons. The first-order valence-electron chi connectivity index (χ1n) is 4.28. The van der Waals surface area contributed by atoms with Crippen LogP contribution >= 0.6 is 0 Å². The van der Waals surface area contributed by atoms with Gasteiger partial charge in [0.05, 0.1) is 5.69 Å². The molecule has 2 N–H and O–H groups in total. The van der Waals surface area contributed by atoms with Crippen molar-refractivity contribution in [3.05, 3.63) is 36.0 Å². The summed E-state index contributed by atoms with van der Waals surface area (Å²) in [6.07, 6.45) is 1.72. The van der Waals surface area contributed by atoms with E-state index in [0.29, 0.717) is 5.82 Å². The number of nitrogens with zero attached hydrogens (tertiary/aromatic N) is 3. The van der Waals surface area contributed by atoms with Gasteiger partial charge in [-0.1, -0.05) is 6.07 Å². The van der Waals surface area contributed by atoms with Gasteiger partial charge < -0.3 is 5.73 Å². The molecule has 0 spiro atoms. The zero-order chi connectivity index (χ0) is 9.97. The fraction of sp³-hybridized carbons (Fsp3) is 0.100. The Bertz CT molecular complexity index is 439. The molecule has 0 unspecified atom stereocenters. The lowest BCUT2D eigenvalue weighted by molar-refractivity contribution is 1.02. The second kappa shape index (κ2) is 3.41. The standard InChI is InChI=1S/C10H10N4/c1-7-6-9(13-14-10(7)11)8-4-2-3-5-12-8/h2-6H,1H3,(H2,11,14). The van der Waals surface area contributed by atoms with Crippen molar-refractivity contribution in [2.75, 3.05) is 5.73 Å². The van der Waals surface area contributed by atoms with Crippen LogP contribution in [0, 0.1) is 6.92 Å². The van der Waals surface area contributed by atoms with Crippen LogP contribution in [0.1, 0.15) is 5.56 Å². The molecule has 0 amide bonds. The summed E-state index contributed by atoms with van der Waals surface area (Å²) >= 11 is 0. The molecule has 2 heterocycles. The number of nitrogen functional groups attached to an aromatic ring is 1. The van der Waals surface area contributed by atoms with Crippen molar-refractivity contribution in [2.45, 2.75) is 6.92 Å². The van der Waals surface area contributed by atoms with Gasteiger partial charge in [-0.05, 0) is 30.7 Å². The highest BCUT2D eigenvalue weighted by atomic mass is 15.1. The van der Waals surface area contributed by atoms with Crippen LogP contribution in [0.3, 0.4) is 0 Å². The Morgan fingerprint density at radius 3 is 2.64 bits per heavy atom. The van der Waals surface area contributed by atoms with Crippen LogP contribution in [-0.2, 0) is 0 Å². The Morgan fingerprint density at radius 2 is 2.00 bits per heavy atom. The summed E-state index contributed by atoms with van der Waals surface area (Å²) in [5, 5.41) is 7.81. The van der Waals surface area contributed by atoms with E-state index in [1.165, 1.54) is 0 Å². The Balaban J connectivity index is 2.48. The molecular formula is C10H10N4. The van der Waals surface area contributed by atoms with Gasteiger partial charge in [0, 0.05) is 6.20 Å². The SMILES string of the molecule is Cc1cc(-c2ccccn2)nnc1N. The van der Waals surface area contributed by atoms with Crippen molar-refractivity contribution < 1.29 is 0 Å². The largest absolute Gasteiger partial charge is 0.382 e. The minimum Gasteiger partial charge on any atom is -0.382 e.